The minimum absolute atomic E-state index is 0.0312. The molecule has 0 atom stereocenters. The van der Waals surface area contributed by atoms with Crippen LogP contribution < -0.4 is 5.32 Å². The van der Waals surface area contributed by atoms with E-state index in [4.69, 9.17) is 11.6 Å². The molecule has 1 fully saturated rings. The van der Waals surface area contributed by atoms with Gasteiger partial charge in [-0.1, -0.05) is 17.7 Å². The minimum Gasteiger partial charge on any atom is -0.335 e. The zero-order valence-electron chi connectivity index (χ0n) is 9.77. The second-order valence-corrected chi connectivity index (χ2v) is 4.63. The molecule has 1 aliphatic rings. The van der Waals surface area contributed by atoms with E-state index in [1.54, 1.807) is 16.7 Å². The number of hydrogen-bond donors (Lipinski definition) is 1. The van der Waals surface area contributed by atoms with Crippen molar-refractivity contribution >= 4 is 23.2 Å². The molecule has 6 heteroatoms. The van der Waals surface area contributed by atoms with Crippen molar-refractivity contribution in [3.05, 3.63) is 35.2 Å². The highest BCUT2D eigenvalue weighted by Gasteiger charge is 2.20. The first kappa shape index (κ1) is 11.5. The number of nitrogens with zero attached hydrogens (tertiary/aromatic N) is 3. The lowest BCUT2D eigenvalue weighted by Gasteiger charge is -2.26. The maximum absolute atomic E-state index is 12.3. The topological polar surface area (TPSA) is 49.6 Å². The van der Waals surface area contributed by atoms with Gasteiger partial charge in [-0.25, -0.2) is 4.98 Å². The highest BCUT2D eigenvalue weighted by molar-refractivity contribution is 6.29. The number of carbonyl (C=O) groups is 1. The molecule has 1 N–H and O–H groups in total. The lowest BCUT2D eigenvalue weighted by atomic mass is 10.3. The molecule has 94 valence electrons. The zero-order valence-corrected chi connectivity index (χ0v) is 10.5. The van der Waals surface area contributed by atoms with Gasteiger partial charge in [-0.2, -0.15) is 0 Å². The monoisotopic (exact) mass is 264 g/mol. The summed E-state index contributed by atoms with van der Waals surface area (Å²) in [4.78, 5) is 18.4. The number of carbonyl (C=O) groups excluding carboxylic acids is 1. The summed E-state index contributed by atoms with van der Waals surface area (Å²) in [5.74, 6) is -0.0312. The predicted octanol–water partition coefficient (Wildman–Crippen LogP) is 1.03. The van der Waals surface area contributed by atoms with Gasteiger partial charge < -0.3 is 10.2 Å². The number of piperazine rings is 1. The largest absolute Gasteiger partial charge is 0.335 e. The van der Waals surface area contributed by atoms with Gasteiger partial charge in [-0.05, 0) is 12.1 Å². The first-order chi connectivity index (χ1) is 8.75. The van der Waals surface area contributed by atoms with E-state index >= 15 is 0 Å². The maximum atomic E-state index is 12.3. The molecular weight excluding hydrogens is 252 g/mol. The van der Waals surface area contributed by atoms with E-state index in [2.05, 4.69) is 10.3 Å². The molecule has 0 saturated carbocycles. The Bertz CT molecular complexity index is 589. The Hall–Kier alpha value is -1.59. The Kier molecular flexibility index (Phi) is 2.93. The molecule has 3 heterocycles. The van der Waals surface area contributed by atoms with Crippen LogP contribution in [0.2, 0.25) is 5.15 Å². The van der Waals surface area contributed by atoms with Gasteiger partial charge in [0.05, 0.1) is 0 Å². The number of imidazole rings is 1. The highest BCUT2D eigenvalue weighted by Crippen LogP contribution is 2.14. The van der Waals surface area contributed by atoms with Crippen molar-refractivity contribution in [1.29, 1.82) is 0 Å². The Morgan fingerprint density at radius 1 is 1.33 bits per heavy atom. The summed E-state index contributed by atoms with van der Waals surface area (Å²) >= 11 is 6.05. The quantitative estimate of drug-likeness (QED) is 0.783. The number of nitrogens with one attached hydrogen (secondary N) is 1. The van der Waals surface area contributed by atoms with Gasteiger partial charge >= 0.3 is 0 Å². The van der Waals surface area contributed by atoms with Gasteiger partial charge in [-0.3, -0.25) is 9.20 Å². The van der Waals surface area contributed by atoms with E-state index in [0.717, 1.165) is 26.2 Å². The van der Waals surface area contributed by atoms with Crippen LogP contribution in [0, 0.1) is 0 Å². The minimum atomic E-state index is -0.0312. The van der Waals surface area contributed by atoms with Gasteiger partial charge in [0.15, 0.2) is 0 Å². The Morgan fingerprint density at radius 3 is 2.83 bits per heavy atom. The molecule has 1 saturated heterocycles. The molecule has 2 aromatic rings. The van der Waals surface area contributed by atoms with E-state index in [-0.39, 0.29) is 5.91 Å². The summed E-state index contributed by atoms with van der Waals surface area (Å²) < 4.78 is 1.72. The van der Waals surface area contributed by atoms with Gasteiger partial charge in [-0.15, -0.1) is 0 Å². The van der Waals surface area contributed by atoms with Crippen molar-refractivity contribution in [2.24, 2.45) is 0 Å². The molecule has 0 aliphatic carbocycles. The fourth-order valence-corrected chi connectivity index (χ4v) is 2.32. The average Bonchev–Trinajstić information content (AvgIpc) is 2.84. The number of amides is 1. The van der Waals surface area contributed by atoms with Gasteiger partial charge in [0, 0.05) is 32.4 Å². The maximum Gasteiger partial charge on any atom is 0.274 e. The molecule has 0 unspecified atom stereocenters. The SMILES string of the molecule is O=C(c1cn2c(Cl)cccc2n1)N1CCNCC1. The first-order valence-electron chi connectivity index (χ1n) is 5.89. The van der Waals surface area contributed by atoms with Crippen LogP contribution in [0.25, 0.3) is 5.65 Å². The third-order valence-corrected chi connectivity index (χ3v) is 3.37. The number of aromatic nitrogens is 2. The molecule has 1 aliphatic heterocycles. The summed E-state index contributed by atoms with van der Waals surface area (Å²) in [5.41, 5.74) is 1.14. The van der Waals surface area contributed by atoms with E-state index in [9.17, 15) is 4.79 Å². The summed E-state index contributed by atoms with van der Waals surface area (Å²) in [6, 6.07) is 5.43. The smallest absolute Gasteiger partial charge is 0.274 e. The van der Waals surface area contributed by atoms with Crippen molar-refractivity contribution in [3.8, 4) is 0 Å². The average molecular weight is 265 g/mol. The van der Waals surface area contributed by atoms with E-state index in [1.807, 2.05) is 17.0 Å². The van der Waals surface area contributed by atoms with Gasteiger partial charge in [0.1, 0.15) is 16.5 Å². The Balaban J connectivity index is 1.94. The van der Waals surface area contributed by atoms with E-state index in [1.165, 1.54) is 0 Å². The van der Waals surface area contributed by atoms with Crippen LogP contribution in [0.1, 0.15) is 10.5 Å². The van der Waals surface area contributed by atoms with Crippen LogP contribution >= 0.6 is 11.6 Å². The van der Waals surface area contributed by atoms with Crippen LogP contribution in [-0.4, -0.2) is 46.4 Å². The Morgan fingerprint density at radius 2 is 2.11 bits per heavy atom. The molecule has 0 spiro atoms. The molecule has 0 aromatic carbocycles. The fraction of sp³-hybridized carbons (Fsp3) is 0.333. The number of rotatable bonds is 1. The van der Waals surface area contributed by atoms with Crippen LogP contribution in [0.5, 0.6) is 0 Å². The molecule has 2 aromatic heterocycles. The molecule has 3 rings (SSSR count). The normalized spacial score (nSPS) is 16.2. The van der Waals surface area contributed by atoms with Crippen molar-refractivity contribution < 1.29 is 4.79 Å². The summed E-state index contributed by atoms with van der Waals surface area (Å²) in [6.45, 7) is 3.11. The first-order valence-corrected chi connectivity index (χ1v) is 6.27. The number of fused-ring (bicyclic) bond motifs is 1. The van der Waals surface area contributed by atoms with Crippen LogP contribution in [-0.2, 0) is 0 Å². The summed E-state index contributed by atoms with van der Waals surface area (Å²) in [7, 11) is 0. The lowest BCUT2D eigenvalue weighted by molar-refractivity contribution is 0.0730. The second-order valence-electron chi connectivity index (χ2n) is 4.25. The van der Waals surface area contributed by atoms with Gasteiger partial charge in [0.25, 0.3) is 5.91 Å². The third kappa shape index (κ3) is 1.95. The van der Waals surface area contributed by atoms with E-state index < -0.39 is 0 Å². The Labute approximate surface area is 109 Å². The van der Waals surface area contributed by atoms with Crippen molar-refractivity contribution in [2.45, 2.75) is 0 Å². The van der Waals surface area contributed by atoms with Crippen LogP contribution in [0.3, 0.4) is 0 Å². The van der Waals surface area contributed by atoms with Crippen LogP contribution in [0.4, 0.5) is 0 Å². The van der Waals surface area contributed by atoms with Crippen LogP contribution in [0.15, 0.2) is 24.4 Å². The summed E-state index contributed by atoms with van der Waals surface area (Å²) in [5, 5.41) is 3.77. The second kappa shape index (κ2) is 4.59. The zero-order chi connectivity index (χ0) is 12.5. The molecule has 0 bridgehead atoms. The van der Waals surface area contributed by atoms with Crippen molar-refractivity contribution in [3.63, 3.8) is 0 Å². The molecule has 1 amide bonds. The molecule has 5 nitrogen and oxygen atoms in total. The fourth-order valence-electron chi connectivity index (χ4n) is 2.11. The number of hydrogen-bond acceptors (Lipinski definition) is 3. The third-order valence-electron chi connectivity index (χ3n) is 3.07. The predicted molar refractivity (Wildman–Crippen MR) is 69.0 cm³/mol. The van der Waals surface area contributed by atoms with Gasteiger partial charge in [0.2, 0.25) is 0 Å². The van der Waals surface area contributed by atoms with Crippen molar-refractivity contribution in [1.82, 2.24) is 19.6 Å². The molecule has 18 heavy (non-hydrogen) atoms. The number of pyridine rings is 1. The highest BCUT2D eigenvalue weighted by atomic mass is 35.5. The standard InChI is InChI=1S/C12H13ClN4O/c13-10-2-1-3-11-15-9(8-17(10)11)12(18)16-6-4-14-5-7-16/h1-3,8,14H,4-7H2. The summed E-state index contributed by atoms with van der Waals surface area (Å²) in [6.07, 6.45) is 1.70. The number of halogens is 1. The lowest BCUT2D eigenvalue weighted by Crippen LogP contribution is -2.46. The molecular formula is C12H13ClN4O. The van der Waals surface area contributed by atoms with E-state index in [0.29, 0.717) is 16.5 Å². The molecule has 0 radical (unpaired) electrons. The van der Waals surface area contributed by atoms with Crippen molar-refractivity contribution in [2.75, 3.05) is 26.2 Å².